The maximum Gasteiger partial charge on any atom is 0.263 e. The van der Waals surface area contributed by atoms with E-state index in [1.165, 1.54) is 18.2 Å². The first-order chi connectivity index (χ1) is 22.2. The quantitative estimate of drug-likeness (QED) is 0.259. The number of aryl methyl sites for hydroxylation is 1. The van der Waals surface area contributed by atoms with E-state index in [1.807, 2.05) is 49.2 Å². The Morgan fingerprint density at radius 2 is 2.00 bits per heavy atom. The molecule has 11 nitrogen and oxygen atoms in total. The Morgan fingerprint density at radius 1 is 1.15 bits per heavy atom. The highest BCUT2D eigenvalue weighted by molar-refractivity contribution is 6.48. The van der Waals surface area contributed by atoms with Gasteiger partial charge in [0.15, 0.2) is 0 Å². The fourth-order valence-electron chi connectivity index (χ4n) is 6.23. The average Bonchev–Trinajstić information content (AvgIpc) is 3.68. The van der Waals surface area contributed by atoms with E-state index in [0.29, 0.717) is 49.4 Å². The van der Waals surface area contributed by atoms with Crippen molar-refractivity contribution in [2.75, 3.05) is 26.8 Å². The number of pyridine rings is 1. The van der Waals surface area contributed by atoms with Gasteiger partial charge in [-0.15, -0.1) is 0 Å². The van der Waals surface area contributed by atoms with Crippen molar-refractivity contribution < 1.29 is 28.0 Å². The summed E-state index contributed by atoms with van der Waals surface area (Å²) < 4.78 is 26.5. The predicted octanol–water partition coefficient (Wildman–Crippen LogP) is 4.25. The van der Waals surface area contributed by atoms with Crippen molar-refractivity contribution in [2.45, 2.75) is 57.6 Å². The third-order valence-electron chi connectivity index (χ3n) is 8.39. The molecule has 2 amide bonds. The molecule has 2 aromatic heterocycles. The third kappa shape index (κ3) is 6.82. The van der Waals surface area contributed by atoms with Crippen LogP contribution in [0.2, 0.25) is 13.1 Å². The number of piperidine rings is 1. The number of aromatic nitrogens is 3. The molecule has 2 saturated heterocycles. The van der Waals surface area contributed by atoms with Gasteiger partial charge in [0.2, 0.25) is 9.04 Å². The predicted molar refractivity (Wildman–Crippen MR) is 172 cm³/mol. The summed E-state index contributed by atoms with van der Waals surface area (Å²) in [5.41, 5.74) is 4.18. The number of methoxy groups -OCH3 is 1. The topological polar surface area (TPSA) is 122 Å². The van der Waals surface area contributed by atoms with E-state index in [2.05, 4.69) is 20.5 Å². The number of benzene rings is 2. The van der Waals surface area contributed by atoms with E-state index in [4.69, 9.17) is 14.0 Å². The van der Waals surface area contributed by atoms with Crippen molar-refractivity contribution in [1.29, 1.82) is 0 Å². The number of hydrogen-bond acceptors (Lipinski definition) is 8. The number of fused-ring (bicyclic) bond motifs is 1. The molecule has 2 aliphatic heterocycles. The van der Waals surface area contributed by atoms with Crippen molar-refractivity contribution in [1.82, 2.24) is 30.5 Å². The van der Waals surface area contributed by atoms with Crippen LogP contribution in [-0.4, -0.2) is 91.0 Å². The number of amides is 2. The number of nitrogens with one attached hydrogen (secondary N) is 2. The largest absolute Gasteiger partial charge is 0.496 e. The number of H-pyrrole nitrogens is 1. The van der Waals surface area contributed by atoms with Crippen LogP contribution in [0.25, 0.3) is 22.2 Å². The number of rotatable bonds is 9. The second kappa shape index (κ2) is 13.7. The lowest BCUT2D eigenvalue weighted by Gasteiger charge is -2.40. The molecule has 2 aliphatic rings. The van der Waals surface area contributed by atoms with Crippen molar-refractivity contribution in [3.05, 3.63) is 77.4 Å². The number of ether oxygens (including phenoxy) is 1. The molecule has 4 heterocycles. The summed E-state index contributed by atoms with van der Waals surface area (Å²) in [6.07, 6.45) is 2.59. The van der Waals surface area contributed by atoms with Crippen LogP contribution in [0.5, 0.6) is 5.75 Å². The van der Waals surface area contributed by atoms with Crippen molar-refractivity contribution in [3.63, 3.8) is 0 Å². The summed E-state index contributed by atoms with van der Waals surface area (Å²) in [5, 5.41) is 12.9. The zero-order valence-corrected chi connectivity index (χ0v) is 27.4. The molecule has 2 aromatic carbocycles. The average molecular weight is 646 g/mol. The summed E-state index contributed by atoms with van der Waals surface area (Å²) in [6.45, 7) is 7.13. The number of hydroxylamine groups is 2. The molecular weight excluding hydrogens is 607 g/mol. The summed E-state index contributed by atoms with van der Waals surface area (Å²) in [4.78, 5) is 39.3. The molecule has 241 valence electrons. The van der Waals surface area contributed by atoms with Crippen LogP contribution in [0.1, 0.15) is 34.5 Å². The molecule has 0 saturated carbocycles. The fraction of sp³-hybridized carbons (Fsp3) is 0.394. The molecule has 3 atom stereocenters. The molecule has 13 heteroatoms. The highest BCUT2D eigenvalue weighted by atomic mass is 28.3. The number of aromatic amines is 1. The molecule has 1 radical (unpaired) electrons. The van der Waals surface area contributed by atoms with Crippen LogP contribution in [0.4, 0.5) is 4.39 Å². The Balaban J connectivity index is 1.21. The Bertz CT molecular complexity index is 1730. The normalized spacial score (nSPS) is 20.4. The van der Waals surface area contributed by atoms with Gasteiger partial charge in [0.1, 0.15) is 23.9 Å². The van der Waals surface area contributed by atoms with Gasteiger partial charge in [0.05, 0.1) is 31.3 Å². The van der Waals surface area contributed by atoms with Gasteiger partial charge in [-0.3, -0.25) is 29.4 Å². The van der Waals surface area contributed by atoms with E-state index in [0.717, 1.165) is 27.9 Å². The van der Waals surface area contributed by atoms with E-state index in [-0.39, 0.29) is 30.5 Å². The standard InChI is InChI=1S/C33H38FN6O5Si/c1-20-14-21(12-13-35-20)31-25-15-22(8-10-28(25)37-38-31)32(41)36-23-9-11-29(33(42)40-17-24(19-44-40)45-46(3)4)39(16-23)18-26-27(34)6-5-7-30(26)43-2/h5-8,10,12-15,23-24,29H,9,11,16-19H2,1-4H3,(H,36,41)(H,37,38)/t23-,24?,29+/m1/s1. The number of carbonyl (C=O) groups excluding carboxylic acids is 2. The SMILES string of the molecule is COc1cccc(F)c1CN1C[C@H](NC(=O)c2ccc3[nH]nc(-c4ccnc(C)c4)c3c2)CC[C@H]1C(=O)N1CC(O[Si](C)C)CO1. The second-order valence-corrected chi connectivity index (χ2v) is 14.0. The number of nitrogens with zero attached hydrogens (tertiary/aromatic N) is 4. The maximum absolute atomic E-state index is 15.1. The lowest BCUT2D eigenvalue weighted by molar-refractivity contribution is -0.176. The minimum absolute atomic E-state index is 0.124. The molecule has 0 bridgehead atoms. The van der Waals surface area contributed by atoms with Crippen LogP contribution in [0.3, 0.4) is 0 Å². The highest BCUT2D eigenvalue weighted by Crippen LogP contribution is 2.30. The van der Waals surface area contributed by atoms with E-state index < -0.39 is 20.9 Å². The molecule has 1 unspecified atom stereocenters. The number of likely N-dealkylation sites (tertiary alicyclic amines) is 1. The van der Waals surface area contributed by atoms with Gasteiger partial charge in [-0.1, -0.05) is 6.07 Å². The highest BCUT2D eigenvalue weighted by Gasteiger charge is 2.40. The lowest BCUT2D eigenvalue weighted by Crippen LogP contribution is -2.56. The number of hydrogen-bond donors (Lipinski definition) is 2. The lowest BCUT2D eigenvalue weighted by atomic mass is 9.95. The Kier molecular flexibility index (Phi) is 9.45. The van der Waals surface area contributed by atoms with Crippen LogP contribution in [0.15, 0.2) is 54.7 Å². The molecule has 0 spiro atoms. The van der Waals surface area contributed by atoms with Crippen LogP contribution in [0, 0.1) is 12.7 Å². The van der Waals surface area contributed by atoms with Gasteiger partial charge in [0.25, 0.3) is 11.8 Å². The maximum atomic E-state index is 15.1. The third-order valence-corrected chi connectivity index (χ3v) is 9.20. The summed E-state index contributed by atoms with van der Waals surface area (Å²) in [5.74, 6) is -0.455. The zero-order valence-electron chi connectivity index (χ0n) is 26.4. The van der Waals surface area contributed by atoms with E-state index in [1.54, 1.807) is 24.4 Å². The number of carbonyl (C=O) groups is 2. The Hall–Kier alpha value is -4.17. The van der Waals surface area contributed by atoms with Crippen LogP contribution < -0.4 is 10.1 Å². The fourth-order valence-corrected chi connectivity index (χ4v) is 7.04. The van der Waals surface area contributed by atoms with Gasteiger partial charge in [-0.2, -0.15) is 5.10 Å². The zero-order chi connectivity index (χ0) is 32.4. The first kappa shape index (κ1) is 31.8. The number of halogens is 1. The Morgan fingerprint density at radius 3 is 2.78 bits per heavy atom. The minimum Gasteiger partial charge on any atom is -0.496 e. The molecule has 46 heavy (non-hydrogen) atoms. The van der Waals surface area contributed by atoms with Gasteiger partial charge in [-0.05, 0) is 75.3 Å². The molecule has 6 rings (SSSR count). The minimum atomic E-state index is -0.954. The van der Waals surface area contributed by atoms with Crippen molar-refractivity contribution >= 4 is 31.8 Å². The molecule has 4 aromatic rings. The van der Waals surface area contributed by atoms with Gasteiger partial charge >= 0.3 is 0 Å². The summed E-state index contributed by atoms with van der Waals surface area (Å²) >= 11 is 0. The van der Waals surface area contributed by atoms with E-state index in [9.17, 15) is 9.59 Å². The summed E-state index contributed by atoms with van der Waals surface area (Å²) in [6, 6.07) is 13.1. The second-order valence-electron chi connectivity index (χ2n) is 12.0. The molecular formula is C33H38FN6O5Si. The van der Waals surface area contributed by atoms with Gasteiger partial charge in [0, 0.05) is 53.1 Å². The van der Waals surface area contributed by atoms with Gasteiger partial charge in [-0.25, -0.2) is 9.45 Å². The van der Waals surface area contributed by atoms with Crippen molar-refractivity contribution in [2.24, 2.45) is 0 Å². The monoisotopic (exact) mass is 645 g/mol. The molecule has 2 N–H and O–H groups in total. The van der Waals surface area contributed by atoms with Gasteiger partial charge < -0.3 is 14.5 Å². The van der Waals surface area contributed by atoms with Crippen LogP contribution in [-0.2, 0) is 20.6 Å². The van der Waals surface area contributed by atoms with Crippen molar-refractivity contribution in [3.8, 4) is 17.0 Å². The smallest absolute Gasteiger partial charge is 0.263 e. The first-order valence-electron chi connectivity index (χ1n) is 15.4. The first-order valence-corrected chi connectivity index (χ1v) is 17.8. The Labute approximate surface area is 268 Å². The molecule has 2 fully saturated rings. The summed E-state index contributed by atoms with van der Waals surface area (Å²) in [7, 11) is 0.540. The molecule has 0 aliphatic carbocycles. The van der Waals surface area contributed by atoms with E-state index >= 15 is 4.39 Å². The van der Waals surface area contributed by atoms with Crippen LogP contribution >= 0.6 is 0 Å².